The molecular weight excluding hydrogens is 442 g/mol. The van der Waals surface area contributed by atoms with Crippen molar-refractivity contribution in [2.45, 2.75) is 32.4 Å². The molecular formula is C22H21F4N5O2. The predicted molar refractivity (Wildman–Crippen MR) is 114 cm³/mol. The first kappa shape index (κ1) is 22.7. The molecule has 2 atom stereocenters. The number of hydrogen-bond acceptors (Lipinski definition) is 7. The Balaban J connectivity index is 1.53. The van der Waals surface area contributed by atoms with E-state index in [1.807, 2.05) is 18.7 Å². The molecule has 1 N–H and O–H groups in total. The Bertz CT molecular complexity index is 1100. The van der Waals surface area contributed by atoms with Crippen LogP contribution in [0.3, 0.4) is 0 Å². The van der Waals surface area contributed by atoms with Crippen molar-refractivity contribution in [1.82, 2.24) is 15.2 Å². The van der Waals surface area contributed by atoms with Crippen LogP contribution in [0.2, 0.25) is 0 Å². The minimum atomic E-state index is -4.76. The number of rotatable bonds is 5. The van der Waals surface area contributed by atoms with Gasteiger partial charge in [0.15, 0.2) is 17.5 Å². The van der Waals surface area contributed by atoms with E-state index in [0.717, 1.165) is 0 Å². The summed E-state index contributed by atoms with van der Waals surface area (Å²) in [5, 5.41) is 10.7. The summed E-state index contributed by atoms with van der Waals surface area (Å²) in [6.45, 7) is 5.19. The second-order valence-corrected chi connectivity index (χ2v) is 7.69. The summed E-state index contributed by atoms with van der Waals surface area (Å²) >= 11 is 0. The van der Waals surface area contributed by atoms with Crippen molar-refractivity contribution in [3.05, 3.63) is 54.5 Å². The number of anilines is 3. The Morgan fingerprint density at radius 3 is 2.39 bits per heavy atom. The molecule has 0 saturated carbocycles. The number of pyridine rings is 1. The van der Waals surface area contributed by atoms with E-state index in [4.69, 9.17) is 4.74 Å². The number of nitrogens with zero attached hydrogens (tertiary/aromatic N) is 4. The second-order valence-electron chi connectivity index (χ2n) is 7.69. The van der Waals surface area contributed by atoms with Crippen molar-refractivity contribution in [1.29, 1.82) is 0 Å². The van der Waals surface area contributed by atoms with E-state index in [-0.39, 0.29) is 29.6 Å². The van der Waals surface area contributed by atoms with E-state index in [2.05, 4.69) is 25.2 Å². The lowest BCUT2D eigenvalue weighted by molar-refractivity contribution is -0.274. The summed E-state index contributed by atoms with van der Waals surface area (Å²) in [6, 6.07) is 9.85. The van der Waals surface area contributed by atoms with Gasteiger partial charge in [-0.3, -0.25) is 0 Å². The highest BCUT2D eigenvalue weighted by Gasteiger charge is 2.31. The summed E-state index contributed by atoms with van der Waals surface area (Å²) < 4.78 is 61.1. The first-order chi connectivity index (χ1) is 15.7. The molecule has 7 nitrogen and oxygen atoms in total. The number of alkyl halides is 3. The largest absolute Gasteiger partial charge is 0.573 e. The Morgan fingerprint density at radius 1 is 1.03 bits per heavy atom. The molecule has 3 heterocycles. The fourth-order valence-electron chi connectivity index (χ4n) is 3.62. The standard InChI is InChI=1S/C22H21F4N5O2/c1-13-11-31(12-14(2)32-13)20-8-7-18(23)21(29-20)28-19-9-16(10-27-30-19)15-3-5-17(6-4-15)33-22(24,25)26/h3-10,13-14H,11-12H2,1-2H3,(H,28,29,30)/t13-,14+. The Labute approximate surface area is 187 Å². The Hall–Kier alpha value is -3.47. The smallest absolute Gasteiger partial charge is 0.406 e. The summed E-state index contributed by atoms with van der Waals surface area (Å²) in [4.78, 5) is 6.43. The molecule has 1 aromatic carbocycles. The molecule has 0 radical (unpaired) electrons. The maximum absolute atomic E-state index is 14.5. The van der Waals surface area contributed by atoms with Crippen LogP contribution < -0.4 is 15.0 Å². The molecule has 4 rings (SSSR count). The minimum absolute atomic E-state index is 0.0142. The quantitative estimate of drug-likeness (QED) is 0.538. The number of hydrogen-bond donors (Lipinski definition) is 1. The lowest BCUT2D eigenvalue weighted by Gasteiger charge is -2.36. The van der Waals surface area contributed by atoms with Crippen LogP contribution in [0.15, 0.2) is 48.7 Å². The molecule has 1 fully saturated rings. The van der Waals surface area contributed by atoms with Gasteiger partial charge < -0.3 is 19.7 Å². The number of halogens is 4. The van der Waals surface area contributed by atoms with E-state index < -0.39 is 12.2 Å². The van der Waals surface area contributed by atoms with Crippen molar-refractivity contribution >= 4 is 17.5 Å². The molecule has 0 spiro atoms. The number of morpholine rings is 1. The molecule has 0 bridgehead atoms. The third-order valence-electron chi connectivity index (χ3n) is 4.90. The van der Waals surface area contributed by atoms with Crippen LogP contribution in [0.5, 0.6) is 5.75 Å². The zero-order chi connectivity index (χ0) is 23.6. The van der Waals surface area contributed by atoms with Crippen molar-refractivity contribution < 1.29 is 27.0 Å². The van der Waals surface area contributed by atoms with Crippen molar-refractivity contribution in [3.8, 4) is 16.9 Å². The molecule has 0 unspecified atom stereocenters. The monoisotopic (exact) mass is 463 g/mol. The van der Waals surface area contributed by atoms with E-state index in [1.54, 1.807) is 12.1 Å². The second kappa shape index (κ2) is 9.18. The van der Waals surface area contributed by atoms with Gasteiger partial charge in [0.1, 0.15) is 11.6 Å². The van der Waals surface area contributed by atoms with Gasteiger partial charge in [0.05, 0.1) is 18.4 Å². The topological polar surface area (TPSA) is 72.4 Å². The normalized spacial score (nSPS) is 18.8. The van der Waals surface area contributed by atoms with Gasteiger partial charge in [-0.2, -0.15) is 5.10 Å². The minimum Gasteiger partial charge on any atom is -0.406 e. The van der Waals surface area contributed by atoms with Gasteiger partial charge >= 0.3 is 6.36 Å². The van der Waals surface area contributed by atoms with Crippen LogP contribution in [0.25, 0.3) is 11.1 Å². The van der Waals surface area contributed by atoms with Crippen molar-refractivity contribution in [2.24, 2.45) is 0 Å². The van der Waals surface area contributed by atoms with E-state index in [0.29, 0.717) is 30.0 Å². The van der Waals surface area contributed by atoms with Crippen molar-refractivity contribution in [3.63, 3.8) is 0 Å². The molecule has 3 aromatic rings. The van der Waals surface area contributed by atoms with Gasteiger partial charge in [-0.05, 0) is 49.7 Å². The molecule has 33 heavy (non-hydrogen) atoms. The SMILES string of the molecule is C[C@@H]1CN(c2ccc(F)c(Nc3cc(-c4ccc(OC(F)(F)F)cc4)cnn3)n2)C[C@H](C)O1. The van der Waals surface area contributed by atoms with Gasteiger partial charge in [-0.15, -0.1) is 18.3 Å². The van der Waals surface area contributed by atoms with Crippen molar-refractivity contribution in [2.75, 3.05) is 23.3 Å². The molecule has 2 aromatic heterocycles. The van der Waals surface area contributed by atoms with Crippen LogP contribution in [-0.2, 0) is 4.74 Å². The summed E-state index contributed by atoms with van der Waals surface area (Å²) in [6.07, 6.45) is -3.28. The van der Waals surface area contributed by atoms with Gasteiger partial charge in [-0.1, -0.05) is 12.1 Å². The first-order valence-electron chi connectivity index (χ1n) is 10.2. The average Bonchev–Trinajstić information content (AvgIpc) is 2.74. The molecule has 1 aliphatic heterocycles. The average molecular weight is 463 g/mol. The van der Waals surface area contributed by atoms with Crippen LogP contribution >= 0.6 is 0 Å². The third-order valence-corrected chi connectivity index (χ3v) is 4.90. The molecule has 11 heteroatoms. The molecule has 0 aliphatic carbocycles. The van der Waals surface area contributed by atoms with E-state index in [1.165, 1.54) is 36.5 Å². The van der Waals surface area contributed by atoms with Crippen LogP contribution in [0, 0.1) is 5.82 Å². The van der Waals surface area contributed by atoms with Crippen LogP contribution in [0.4, 0.5) is 35.0 Å². The zero-order valence-electron chi connectivity index (χ0n) is 17.8. The number of ether oxygens (including phenoxy) is 2. The summed E-state index contributed by atoms with van der Waals surface area (Å²) in [7, 11) is 0. The van der Waals surface area contributed by atoms with Gasteiger partial charge in [0, 0.05) is 18.7 Å². The predicted octanol–water partition coefficient (Wildman–Crippen LogP) is 4.93. The zero-order valence-corrected chi connectivity index (χ0v) is 17.8. The Morgan fingerprint density at radius 2 is 1.73 bits per heavy atom. The van der Waals surface area contributed by atoms with Gasteiger partial charge in [0.25, 0.3) is 0 Å². The molecule has 1 aliphatic rings. The molecule has 1 saturated heterocycles. The van der Waals surface area contributed by atoms with Gasteiger partial charge in [-0.25, -0.2) is 9.37 Å². The van der Waals surface area contributed by atoms with E-state index in [9.17, 15) is 17.6 Å². The van der Waals surface area contributed by atoms with Crippen LogP contribution in [0.1, 0.15) is 13.8 Å². The first-order valence-corrected chi connectivity index (χ1v) is 10.2. The van der Waals surface area contributed by atoms with E-state index >= 15 is 0 Å². The number of nitrogens with one attached hydrogen (secondary N) is 1. The Kier molecular flexibility index (Phi) is 6.32. The lowest BCUT2D eigenvalue weighted by atomic mass is 10.1. The highest BCUT2D eigenvalue weighted by atomic mass is 19.4. The summed E-state index contributed by atoms with van der Waals surface area (Å²) in [5.74, 6) is -0.0734. The number of benzene rings is 1. The summed E-state index contributed by atoms with van der Waals surface area (Å²) in [5.41, 5.74) is 1.15. The highest BCUT2D eigenvalue weighted by Crippen LogP contribution is 2.28. The number of aromatic nitrogens is 3. The third kappa shape index (κ3) is 5.86. The lowest BCUT2D eigenvalue weighted by Crippen LogP contribution is -2.45. The van der Waals surface area contributed by atoms with Crippen LogP contribution in [-0.4, -0.2) is 46.8 Å². The maximum Gasteiger partial charge on any atom is 0.573 e. The van der Waals surface area contributed by atoms with Gasteiger partial charge in [0.2, 0.25) is 0 Å². The fourth-order valence-corrected chi connectivity index (χ4v) is 3.62. The highest BCUT2D eigenvalue weighted by molar-refractivity contribution is 5.68. The fraction of sp³-hybridized carbons (Fsp3) is 0.318. The molecule has 0 amide bonds. The maximum atomic E-state index is 14.5. The molecule has 174 valence electrons.